The predicted molar refractivity (Wildman–Crippen MR) is 46.7 cm³/mol. The summed E-state index contributed by atoms with van der Waals surface area (Å²) >= 11 is 0. The normalized spacial score (nSPS) is 9.00. The minimum absolute atomic E-state index is 0.566. The molecule has 0 atom stereocenters. The van der Waals surface area contributed by atoms with Gasteiger partial charge in [-0.05, 0) is 17.7 Å². The van der Waals surface area contributed by atoms with Gasteiger partial charge in [0.25, 0.3) is 0 Å². The summed E-state index contributed by atoms with van der Waals surface area (Å²) < 4.78 is 4.92. The first-order valence-corrected chi connectivity index (χ1v) is 3.52. The number of nitrogens with one attached hydrogen (secondary N) is 2. The van der Waals surface area contributed by atoms with Crippen molar-refractivity contribution >= 4 is 5.69 Å². The zero-order chi connectivity index (χ0) is 9.68. The number of hydrazine groups is 2. The Morgan fingerprint density at radius 1 is 1.54 bits per heavy atom. The Balaban J connectivity index is 2.61. The van der Waals surface area contributed by atoms with Gasteiger partial charge >= 0.3 is 0 Å². The van der Waals surface area contributed by atoms with Crippen LogP contribution < -0.4 is 15.7 Å². The number of hydrogen-bond donors (Lipinski definition) is 2. The lowest BCUT2D eigenvalue weighted by Crippen LogP contribution is -2.27. The van der Waals surface area contributed by atoms with Crippen molar-refractivity contribution in [3.63, 3.8) is 0 Å². The molecule has 0 fully saturated rings. The van der Waals surface area contributed by atoms with E-state index in [0.29, 0.717) is 11.4 Å². The van der Waals surface area contributed by atoms with Crippen LogP contribution in [0.25, 0.3) is 0 Å². The number of nitrogens with zero attached hydrogens (tertiary/aromatic N) is 1. The van der Waals surface area contributed by atoms with Crippen molar-refractivity contribution in [2.75, 3.05) is 12.5 Å². The van der Waals surface area contributed by atoms with Crippen LogP contribution in [0.1, 0.15) is 0 Å². The number of benzene rings is 1. The summed E-state index contributed by atoms with van der Waals surface area (Å²) in [5.74, 6) is 0.634. The molecule has 13 heavy (non-hydrogen) atoms. The second-order valence-corrected chi connectivity index (χ2v) is 2.23. The molecule has 0 amide bonds. The maximum absolute atomic E-state index is 9.93. The lowest BCUT2D eigenvalue weighted by atomic mass is 10.3. The highest BCUT2D eigenvalue weighted by Crippen LogP contribution is 2.15. The number of methoxy groups -OCH3 is 1. The molecule has 1 aromatic rings. The largest absolute Gasteiger partial charge is 0.497 e. The molecule has 0 saturated carbocycles. The molecular weight excluding hydrogens is 174 g/mol. The lowest BCUT2D eigenvalue weighted by Gasteiger charge is -2.03. The van der Waals surface area contributed by atoms with E-state index in [0.717, 1.165) is 0 Å². The Bertz CT molecular complexity index is 303. The monoisotopic (exact) mass is 183 g/mol. The van der Waals surface area contributed by atoms with E-state index in [9.17, 15) is 10.1 Å². The minimum Gasteiger partial charge on any atom is -0.497 e. The third-order valence-corrected chi connectivity index (χ3v) is 1.36. The van der Waals surface area contributed by atoms with Gasteiger partial charge < -0.3 is 4.74 Å². The van der Waals surface area contributed by atoms with E-state index in [-0.39, 0.29) is 0 Å². The molecule has 0 aliphatic carbocycles. The number of anilines is 1. The highest BCUT2D eigenvalue weighted by Gasteiger charge is 1.96. The molecule has 0 aliphatic rings. The Morgan fingerprint density at radius 2 is 2.31 bits per heavy atom. The zero-order valence-electron chi connectivity index (χ0n) is 6.98. The number of hydrogen-bond acceptors (Lipinski definition) is 4. The maximum Gasteiger partial charge on any atom is 0.178 e. The fourth-order valence-electron chi connectivity index (χ4n) is 0.811. The van der Waals surface area contributed by atoms with Crippen LogP contribution in [-0.2, 0) is 0 Å². The average Bonchev–Trinajstić information content (AvgIpc) is 2.15. The summed E-state index contributed by atoms with van der Waals surface area (Å²) in [5, 5.41) is 9.25. The molecule has 6 heteroatoms. The van der Waals surface area contributed by atoms with Crippen LogP contribution >= 0.6 is 0 Å². The molecule has 0 heterocycles. The fraction of sp³-hybridized carbons (Fsp3) is 0.143. The van der Waals surface area contributed by atoms with Gasteiger partial charge in [0.05, 0.1) is 12.8 Å². The quantitative estimate of drug-likeness (QED) is 0.533. The summed E-state index contributed by atoms with van der Waals surface area (Å²) in [7, 11) is 1.53. The minimum atomic E-state index is -0.681. The van der Waals surface area contributed by atoms with Gasteiger partial charge in [-0.25, -0.2) is 15.5 Å². The van der Waals surface area contributed by atoms with E-state index in [1.165, 1.54) is 7.11 Å². The molecule has 0 saturated heterocycles. The molecule has 0 aromatic heterocycles. The molecule has 0 bridgehead atoms. The van der Waals surface area contributed by atoms with Gasteiger partial charge in [-0.3, -0.25) is 0 Å². The van der Waals surface area contributed by atoms with Crippen molar-refractivity contribution in [2.24, 2.45) is 0 Å². The number of rotatable bonds is 4. The van der Waals surface area contributed by atoms with E-state index >= 15 is 0 Å². The van der Waals surface area contributed by atoms with E-state index in [4.69, 9.17) is 4.74 Å². The van der Waals surface area contributed by atoms with E-state index in [1.54, 1.807) is 24.3 Å². The molecule has 6 nitrogen and oxygen atoms in total. The average molecular weight is 183 g/mol. The van der Waals surface area contributed by atoms with Crippen LogP contribution in [0.2, 0.25) is 0 Å². The molecule has 0 radical (unpaired) electrons. The maximum atomic E-state index is 9.93. The Kier molecular flexibility index (Phi) is 2.91. The molecular formula is C7H9N3O3. The smallest absolute Gasteiger partial charge is 0.178 e. The number of nitro groups is 1. The second kappa shape index (κ2) is 4.15. The van der Waals surface area contributed by atoms with Gasteiger partial charge in [0.1, 0.15) is 5.75 Å². The molecule has 1 rings (SSSR count). The predicted octanol–water partition coefficient (Wildman–Crippen LogP) is 0.803. The van der Waals surface area contributed by atoms with Crippen molar-refractivity contribution < 1.29 is 9.77 Å². The van der Waals surface area contributed by atoms with E-state index < -0.39 is 5.03 Å². The van der Waals surface area contributed by atoms with Gasteiger partial charge in [0, 0.05) is 6.07 Å². The van der Waals surface area contributed by atoms with Crippen molar-refractivity contribution in [1.82, 2.24) is 5.53 Å². The first kappa shape index (κ1) is 9.11. The van der Waals surface area contributed by atoms with Crippen LogP contribution in [0, 0.1) is 10.1 Å². The summed E-state index contributed by atoms with van der Waals surface area (Å²) in [6.45, 7) is 0. The van der Waals surface area contributed by atoms with E-state index in [2.05, 4.69) is 5.43 Å². The summed E-state index contributed by atoms with van der Waals surface area (Å²) in [6, 6.07) is 6.79. The van der Waals surface area contributed by atoms with Crippen LogP contribution in [0.3, 0.4) is 0 Å². The molecule has 1 aromatic carbocycles. The van der Waals surface area contributed by atoms with Crippen LogP contribution in [0.5, 0.6) is 5.75 Å². The first-order chi connectivity index (χ1) is 6.22. The number of ether oxygens (including phenoxy) is 1. The summed E-state index contributed by atoms with van der Waals surface area (Å²) in [5.41, 5.74) is 4.79. The molecule has 0 aliphatic heterocycles. The van der Waals surface area contributed by atoms with Crippen molar-refractivity contribution in [2.45, 2.75) is 0 Å². The van der Waals surface area contributed by atoms with Crippen LogP contribution in [0.4, 0.5) is 5.69 Å². The van der Waals surface area contributed by atoms with E-state index in [1.807, 2.05) is 5.53 Å². The van der Waals surface area contributed by atoms with Crippen LogP contribution in [-0.4, -0.2) is 12.1 Å². The van der Waals surface area contributed by atoms with Crippen molar-refractivity contribution in [3.8, 4) is 5.75 Å². The Morgan fingerprint density at radius 3 is 2.92 bits per heavy atom. The summed E-state index contributed by atoms with van der Waals surface area (Å²) in [4.78, 5) is 9.93. The fourth-order valence-corrected chi connectivity index (χ4v) is 0.811. The highest BCUT2D eigenvalue weighted by molar-refractivity contribution is 5.46. The van der Waals surface area contributed by atoms with Gasteiger partial charge in [-0.15, -0.1) is 0 Å². The van der Waals surface area contributed by atoms with Gasteiger partial charge in [0.15, 0.2) is 5.03 Å². The lowest BCUT2D eigenvalue weighted by molar-refractivity contribution is -0.538. The molecule has 70 valence electrons. The SMILES string of the molecule is COc1cccc(NN[N+](=O)[O-])c1. The highest BCUT2D eigenvalue weighted by atomic mass is 16.7. The van der Waals surface area contributed by atoms with Gasteiger partial charge in [-0.2, -0.15) is 0 Å². The third kappa shape index (κ3) is 2.86. The van der Waals surface area contributed by atoms with Crippen LogP contribution in [0.15, 0.2) is 24.3 Å². The van der Waals surface area contributed by atoms with Crippen molar-refractivity contribution in [1.29, 1.82) is 0 Å². The summed E-state index contributed by atoms with van der Waals surface area (Å²) in [6.07, 6.45) is 0. The molecule has 0 unspecified atom stereocenters. The Labute approximate surface area is 74.6 Å². The first-order valence-electron chi connectivity index (χ1n) is 3.52. The second-order valence-electron chi connectivity index (χ2n) is 2.23. The standard InChI is InChI=1S/C7H9N3O3/c1-13-7-4-2-3-6(5-7)8-9-10(11)12/h2-5,8-9H,1H3. The Hall–Kier alpha value is -1.98. The molecule has 0 spiro atoms. The van der Waals surface area contributed by atoms with Crippen molar-refractivity contribution in [3.05, 3.63) is 34.4 Å². The molecule has 2 N–H and O–H groups in total. The zero-order valence-corrected chi connectivity index (χ0v) is 6.98. The van der Waals surface area contributed by atoms with Gasteiger partial charge in [-0.1, -0.05) is 6.07 Å². The van der Waals surface area contributed by atoms with Gasteiger partial charge in [0.2, 0.25) is 0 Å². The topological polar surface area (TPSA) is 76.4 Å². The third-order valence-electron chi connectivity index (χ3n) is 1.36.